The maximum Gasteiger partial charge on any atom is 0.475 e. The number of rotatable bonds is 5. The minimum Gasteiger partial charge on any atom is -0.435 e. The van der Waals surface area contributed by atoms with Gasteiger partial charge in [-0.3, -0.25) is 4.79 Å². The number of hydrogen-bond donors (Lipinski definition) is 0. The Morgan fingerprint density at radius 2 is 1.96 bits per heavy atom. The lowest BCUT2D eigenvalue weighted by Crippen LogP contribution is -2.16. The Morgan fingerprint density at radius 1 is 1.25 bits per heavy atom. The topological polar surface area (TPSA) is 107 Å². The fourth-order valence-corrected chi connectivity index (χ4v) is 4.07. The number of alkyl halides is 3. The van der Waals surface area contributed by atoms with Gasteiger partial charge < -0.3 is 4.42 Å². The van der Waals surface area contributed by atoms with Gasteiger partial charge in [0.2, 0.25) is 5.89 Å². The summed E-state index contributed by atoms with van der Waals surface area (Å²) < 4.78 is 79.5. The SMILES string of the molecule is CCS(=O)(=O)c1cc(C=O)cnc1-c1nc2cc(S(=O)C(F)(F)F)ccc2o1. The summed E-state index contributed by atoms with van der Waals surface area (Å²) in [5.74, 6) is -0.534. The first kappa shape index (κ1) is 20.1. The smallest absolute Gasteiger partial charge is 0.435 e. The van der Waals surface area contributed by atoms with E-state index in [1.807, 2.05) is 0 Å². The van der Waals surface area contributed by atoms with Crippen molar-refractivity contribution in [1.29, 1.82) is 0 Å². The highest BCUT2D eigenvalue weighted by atomic mass is 32.2. The molecule has 7 nitrogen and oxygen atoms in total. The Balaban J connectivity index is 2.17. The number of aldehydes is 1. The van der Waals surface area contributed by atoms with Crippen LogP contribution in [0.3, 0.4) is 0 Å². The fourth-order valence-electron chi connectivity index (χ4n) is 2.33. The Hall–Kier alpha value is -2.60. The molecule has 28 heavy (non-hydrogen) atoms. The molecular formula is C16H11F3N2O5S2. The third-order valence-corrected chi connectivity index (χ3v) is 6.55. The fraction of sp³-hybridized carbons (Fsp3) is 0.188. The van der Waals surface area contributed by atoms with Crippen LogP contribution in [0.4, 0.5) is 13.2 Å². The van der Waals surface area contributed by atoms with E-state index in [1.54, 1.807) is 0 Å². The van der Waals surface area contributed by atoms with Gasteiger partial charge in [-0.25, -0.2) is 22.6 Å². The van der Waals surface area contributed by atoms with Crippen molar-refractivity contribution < 1.29 is 35.0 Å². The van der Waals surface area contributed by atoms with Crippen LogP contribution in [0.25, 0.3) is 22.7 Å². The number of aromatic nitrogens is 2. The molecule has 0 aliphatic rings. The molecule has 1 atom stereocenters. The first-order valence-corrected chi connectivity index (χ1v) is 10.4. The molecular weight excluding hydrogens is 421 g/mol. The van der Waals surface area contributed by atoms with Gasteiger partial charge in [0.05, 0.1) is 15.5 Å². The highest BCUT2D eigenvalue weighted by Gasteiger charge is 2.38. The molecule has 0 aliphatic heterocycles. The van der Waals surface area contributed by atoms with E-state index in [0.717, 1.165) is 30.5 Å². The van der Waals surface area contributed by atoms with Crippen molar-refractivity contribution in [1.82, 2.24) is 9.97 Å². The van der Waals surface area contributed by atoms with Gasteiger partial charge in [-0.05, 0) is 24.3 Å². The average molecular weight is 432 g/mol. The number of sulfone groups is 1. The van der Waals surface area contributed by atoms with E-state index in [4.69, 9.17) is 4.42 Å². The Morgan fingerprint density at radius 3 is 2.57 bits per heavy atom. The summed E-state index contributed by atoms with van der Waals surface area (Å²) in [5.41, 5.74) is -5.09. The van der Waals surface area contributed by atoms with Crippen LogP contribution in [0.1, 0.15) is 17.3 Å². The number of pyridine rings is 1. The van der Waals surface area contributed by atoms with Crippen molar-refractivity contribution in [3.05, 3.63) is 36.0 Å². The molecule has 0 radical (unpaired) electrons. The van der Waals surface area contributed by atoms with Crippen LogP contribution in [0.5, 0.6) is 0 Å². The molecule has 0 saturated carbocycles. The summed E-state index contributed by atoms with van der Waals surface area (Å²) in [6.07, 6.45) is 1.55. The molecule has 0 spiro atoms. The van der Waals surface area contributed by atoms with E-state index in [0.29, 0.717) is 6.29 Å². The van der Waals surface area contributed by atoms with E-state index in [9.17, 15) is 30.6 Å². The molecule has 1 aromatic carbocycles. The van der Waals surface area contributed by atoms with E-state index < -0.39 is 31.0 Å². The Bertz CT molecular complexity index is 1200. The number of halogens is 3. The molecule has 0 bridgehead atoms. The third-order valence-electron chi connectivity index (χ3n) is 3.71. The van der Waals surface area contributed by atoms with Gasteiger partial charge in [0.15, 0.2) is 32.5 Å². The lowest BCUT2D eigenvalue weighted by atomic mass is 10.2. The Labute approximate surface area is 159 Å². The normalized spacial score (nSPS) is 13.6. The molecule has 3 aromatic rings. The molecule has 0 saturated heterocycles. The van der Waals surface area contributed by atoms with Crippen molar-refractivity contribution >= 4 is 38.0 Å². The lowest BCUT2D eigenvalue weighted by Gasteiger charge is -2.06. The number of hydrogen-bond acceptors (Lipinski definition) is 7. The number of nitrogens with zero attached hydrogens (tertiary/aromatic N) is 2. The molecule has 0 fully saturated rings. The standard InChI is InChI=1S/C16H11F3N2O5S2/c1-2-28(24,25)13-5-9(8-22)7-20-14(13)15-21-11-6-10(3-4-12(11)26-15)27(23)16(17,18)19/h3-8H,2H2,1H3. The molecule has 148 valence electrons. The molecule has 3 rings (SSSR count). The van der Waals surface area contributed by atoms with Crippen LogP contribution in [-0.2, 0) is 20.6 Å². The van der Waals surface area contributed by atoms with Gasteiger partial charge in [-0.15, -0.1) is 0 Å². The van der Waals surface area contributed by atoms with E-state index in [-0.39, 0.29) is 38.9 Å². The summed E-state index contributed by atoms with van der Waals surface area (Å²) in [7, 11) is -7.06. The lowest BCUT2D eigenvalue weighted by molar-refractivity contribution is -0.0384. The van der Waals surface area contributed by atoms with Crippen molar-refractivity contribution in [3.8, 4) is 11.6 Å². The zero-order valence-corrected chi connectivity index (χ0v) is 15.7. The first-order valence-electron chi connectivity index (χ1n) is 7.64. The molecule has 12 heteroatoms. The summed E-state index contributed by atoms with van der Waals surface area (Å²) in [4.78, 5) is 18.0. The zero-order chi connectivity index (χ0) is 20.7. The number of carbonyl (C=O) groups excluding carboxylic acids is 1. The zero-order valence-electron chi connectivity index (χ0n) is 14.1. The van der Waals surface area contributed by atoms with Crippen LogP contribution in [0, 0.1) is 0 Å². The van der Waals surface area contributed by atoms with Gasteiger partial charge in [0.25, 0.3) is 0 Å². The van der Waals surface area contributed by atoms with Crippen LogP contribution in [0.15, 0.2) is 44.7 Å². The first-order chi connectivity index (χ1) is 13.1. The second-order valence-electron chi connectivity index (χ2n) is 5.50. The van der Waals surface area contributed by atoms with Gasteiger partial charge in [0.1, 0.15) is 11.2 Å². The molecule has 1 unspecified atom stereocenters. The van der Waals surface area contributed by atoms with Gasteiger partial charge >= 0.3 is 5.51 Å². The van der Waals surface area contributed by atoms with Crippen LogP contribution in [0.2, 0.25) is 0 Å². The minimum atomic E-state index is -4.94. The van der Waals surface area contributed by atoms with E-state index >= 15 is 0 Å². The predicted molar refractivity (Wildman–Crippen MR) is 92.8 cm³/mol. The van der Waals surface area contributed by atoms with Crippen molar-refractivity contribution in [2.24, 2.45) is 0 Å². The number of benzene rings is 1. The van der Waals surface area contributed by atoms with Crippen LogP contribution in [-0.4, -0.2) is 40.1 Å². The number of carbonyl (C=O) groups is 1. The molecule has 2 aromatic heterocycles. The highest BCUT2D eigenvalue weighted by molar-refractivity contribution is 7.91. The quantitative estimate of drug-likeness (QED) is 0.570. The van der Waals surface area contributed by atoms with Crippen molar-refractivity contribution in [3.63, 3.8) is 0 Å². The molecule has 0 N–H and O–H groups in total. The van der Waals surface area contributed by atoms with E-state index in [1.165, 1.54) is 6.92 Å². The molecule has 0 aliphatic carbocycles. The van der Waals surface area contributed by atoms with Gasteiger partial charge in [-0.2, -0.15) is 13.2 Å². The van der Waals surface area contributed by atoms with Crippen molar-refractivity contribution in [2.75, 3.05) is 5.75 Å². The second kappa shape index (κ2) is 7.09. The maximum absolute atomic E-state index is 12.7. The Kier molecular flexibility index (Phi) is 5.10. The van der Waals surface area contributed by atoms with Crippen LogP contribution >= 0.6 is 0 Å². The second-order valence-corrected chi connectivity index (χ2v) is 9.22. The van der Waals surface area contributed by atoms with Crippen molar-refractivity contribution in [2.45, 2.75) is 22.2 Å². The molecule has 2 heterocycles. The largest absolute Gasteiger partial charge is 0.475 e. The van der Waals surface area contributed by atoms with Gasteiger partial charge in [-0.1, -0.05) is 6.92 Å². The predicted octanol–water partition coefficient (Wildman–Crippen LogP) is 3.12. The summed E-state index contributed by atoms with van der Waals surface area (Å²) in [6.45, 7) is 1.40. The van der Waals surface area contributed by atoms with E-state index in [2.05, 4.69) is 9.97 Å². The summed E-state index contributed by atoms with van der Waals surface area (Å²) >= 11 is 0. The monoisotopic (exact) mass is 432 g/mol. The van der Waals surface area contributed by atoms with Crippen LogP contribution < -0.4 is 0 Å². The number of fused-ring (bicyclic) bond motifs is 1. The summed E-state index contributed by atoms with van der Waals surface area (Å²) in [5, 5.41) is 0. The highest BCUT2D eigenvalue weighted by Crippen LogP contribution is 2.32. The maximum atomic E-state index is 12.7. The third kappa shape index (κ3) is 3.69. The summed E-state index contributed by atoms with van der Waals surface area (Å²) in [6, 6.07) is 4.19. The molecule has 0 amide bonds. The minimum absolute atomic E-state index is 0.0229. The average Bonchev–Trinajstić information content (AvgIpc) is 3.09. The van der Waals surface area contributed by atoms with Gasteiger partial charge in [0, 0.05) is 11.8 Å². The number of oxazole rings is 1.